The van der Waals surface area contributed by atoms with E-state index in [4.69, 9.17) is 4.74 Å². The van der Waals surface area contributed by atoms with Crippen molar-refractivity contribution in [1.29, 1.82) is 0 Å². The zero-order chi connectivity index (χ0) is 18.2. The Morgan fingerprint density at radius 3 is 2.20 bits per heavy atom. The molecule has 2 amide bonds. The van der Waals surface area contributed by atoms with Crippen molar-refractivity contribution in [3.05, 3.63) is 60.2 Å². The molecule has 1 N–H and O–H groups in total. The summed E-state index contributed by atoms with van der Waals surface area (Å²) in [5.74, 6) is -1.08. The number of amides is 2. The number of anilines is 2. The molecule has 2 aromatic rings. The topological polar surface area (TPSA) is 75.7 Å². The number of nitrogens with zero attached hydrogens (tertiary/aromatic N) is 1. The largest absolute Gasteiger partial charge is 0.452 e. The Balaban J connectivity index is 1.94. The summed E-state index contributed by atoms with van der Waals surface area (Å²) < 4.78 is 5.10. The van der Waals surface area contributed by atoms with Crippen LogP contribution in [0.4, 0.5) is 11.4 Å². The maximum atomic E-state index is 12.3. The van der Waals surface area contributed by atoms with Crippen molar-refractivity contribution >= 4 is 29.2 Å². The van der Waals surface area contributed by atoms with Crippen LogP contribution in [0, 0.1) is 0 Å². The SMILES string of the molecule is CCN(C(=O)COC(=O)c1ccc(NC(C)=O)cc1)c1ccccc1. The number of para-hydroxylation sites is 1. The van der Waals surface area contributed by atoms with E-state index in [1.54, 1.807) is 17.0 Å². The second-order valence-corrected chi connectivity index (χ2v) is 5.31. The third-order valence-electron chi connectivity index (χ3n) is 3.45. The highest BCUT2D eigenvalue weighted by atomic mass is 16.5. The second-order valence-electron chi connectivity index (χ2n) is 5.31. The molecule has 2 rings (SSSR count). The van der Waals surface area contributed by atoms with Crippen LogP contribution in [0.1, 0.15) is 24.2 Å². The predicted molar refractivity (Wildman–Crippen MR) is 95.5 cm³/mol. The van der Waals surface area contributed by atoms with E-state index in [9.17, 15) is 14.4 Å². The van der Waals surface area contributed by atoms with Gasteiger partial charge in [0.1, 0.15) is 0 Å². The molecule has 0 aliphatic heterocycles. The van der Waals surface area contributed by atoms with Gasteiger partial charge in [-0.1, -0.05) is 18.2 Å². The van der Waals surface area contributed by atoms with E-state index >= 15 is 0 Å². The highest BCUT2D eigenvalue weighted by Gasteiger charge is 2.16. The minimum atomic E-state index is -0.591. The van der Waals surface area contributed by atoms with Crippen LogP contribution in [0.2, 0.25) is 0 Å². The zero-order valence-electron chi connectivity index (χ0n) is 14.2. The van der Waals surface area contributed by atoms with Gasteiger partial charge >= 0.3 is 5.97 Å². The third kappa shape index (κ3) is 5.17. The standard InChI is InChI=1S/C19H20N2O4/c1-3-21(17-7-5-4-6-8-17)18(23)13-25-19(24)15-9-11-16(12-10-15)20-14(2)22/h4-12H,3,13H2,1-2H3,(H,20,22). The Labute approximate surface area is 146 Å². The zero-order valence-corrected chi connectivity index (χ0v) is 14.2. The molecule has 0 radical (unpaired) electrons. The molecule has 2 aromatic carbocycles. The Kier molecular flexibility index (Phi) is 6.28. The number of benzene rings is 2. The minimum Gasteiger partial charge on any atom is -0.452 e. The molecule has 130 valence electrons. The molecule has 0 fully saturated rings. The smallest absolute Gasteiger partial charge is 0.338 e. The van der Waals surface area contributed by atoms with Crippen LogP contribution in [0.15, 0.2) is 54.6 Å². The lowest BCUT2D eigenvalue weighted by molar-refractivity contribution is -0.121. The van der Waals surface area contributed by atoms with Gasteiger partial charge in [0, 0.05) is 24.8 Å². The lowest BCUT2D eigenvalue weighted by atomic mass is 10.2. The van der Waals surface area contributed by atoms with Crippen LogP contribution in [-0.4, -0.2) is 30.9 Å². The summed E-state index contributed by atoms with van der Waals surface area (Å²) in [6.45, 7) is 3.40. The van der Waals surface area contributed by atoms with Gasteiger partial charge in [-0.05, 0) is 43.3 Å². The maximum absolute atomic E-state index is 12.3. The van der Waals surface area contributed by atoms with Crippen molar-refractivity contribution < 1.29 is 19.1 Å². The number of hydrogen-bond donors (Lipinski definition) is 1. The summed E-state index contributed by atoms with van der Waals surface area (Å²) in [7, 11) is 0. The summed E-state index contributed by atoms with van der Waals surface area (Å²) in [6, 6.07) is 15.5. The number of rotatable bonds is 6. The van der Waals surface area contributed by atoms with Crippen molar-refractivity contribution in [3.8, 4) is 0 Å². The molecule has 0 atom stereocenters. The molecule has 0 aromatic heterocycles. The first-order valence-electron chi connectivity index (χ1n) is 7.91. The molecule has 0 saturated heterocycles. The summed E-state index contributed by atoms with van der Waals surface area (Å²) in [4.78, 5) is 36.9. The van der Waals surface area contributed by atoms with Crippen LogP contribution < -0.4 is 10.2 Å². The van der Waals surface area contributed by atoms with E-state index in [1.165, 1.54) is 19.1 Å². The first kappa shape index (κ1) is 18.2. The van der Waals surface area contributed by atoms with E-state index in [-0.39, 0.29) is 18.4 Å². The van der Waals surface area contributed by atoms with Gasteiger partial charge in [0.05, 0.1) is 5.56 Å². The third-order valence-corrected chi connectivity index (χ3v) is 3.45. The van der Waals surface area contributed by atoms with Gasteiger partial charge in [-0.25, -0.2) is 4.79 Å². The van der Waals surface area contributed by atoms with Crippen molar-refractivity contribution in [2.24, 2.45) is 0 Å². The Morgan fingerprint density at radius 2 is 1.64 bits per heavy atom. The lowest BCUT2D eigenvalue weighted by Crippen LogP contribution is -2.34. The van der Waals surface area contributed by atoms with Gasteiger partial charge in [0.15, 0.2) is 6.61 Å². The van der Waals surface area contributed by atoms with Gasteiger partial charge < -0.3 is 15.0 Å². The molecule has 6 nitrogen and oxygen atoms in total. The van der Waals surface area contributed by atoms with Crippen molar-refractivity contribution in [3.63, 3.8) is 0 Å². The number of carbonyl (C=O) groups is 3. The molecule has 0 spiro atoms. The van der Waals surface area contributed by atoms with Crippen LogP contribution >= 0.6 is 0 Å². The van der Waals surface area contributed by atoms with Crippen LogP contribution in [-0.2, 0) is 14.3 Å². The van der Waals surface area contributed by atoms with Crippen molar-refractivity contribution in [2.45, 2.75) is 13.8 Å². The molecule has 0 aliphatic rings. The van der Waals surface area contributed by atoms with Gasteiger partial charge in [-0.15, -0.1) is 0 Å². The number of carbonyl (C=O) groups excluding carboxylic acids is 3. The average Bonchev–Trinajstić information content (AvgIpc) is 2.61. The summed E-state index contributed by atoms with van der Waals surface area (Å²) in [6.07, 6.45) is 0. The monoisotopic (exact) mass is 340 g/mol. The van der Waals surface area contributed by atoms with E-state index in [2.05, 4.69) is 5.32 Å². The van der Waals surface area contributed by atoms with Crippen LogP contribution in [0.3, 0.4) is 0 Å². The normalized spacial score (nSPS) is 10.0. The van der Waals surface area contributed by atoms with E-state index < -0.39 is 5.97 Å². The highest BCUT2D eigenvalue weighted by molar-refractivity contribution is 5.97. The van der Waals surface area contributed by atoms with E-state index in [0.29, 0.717) is 17.8 Å². The quantitative estimate of drug-likeness (QED) is 0.821. The fraction of sp³-hybridized carbons (Fsp3) is 0.211. The first-order chi connectivity index (χ1) is 12.0. The molecule has 0 heterocycles. The fourth-order valence-electron chi connectivity index (χ4n) is 2.29. The Morgan fingerprint density at radius 1 is 1.00 bits per heavy atom. The molecule has 0 unspecified atom stereocenters. The molecular weight excluding hydrogens is 320 g/mol. The molecule has 0 bridgehead atoms. The first-order valence-corrected chi connectivity index (χ1v) is 7.91. The number of likely N-dealkylation sites (N-methyl/N-ethyl adjacent to an activating group) is 1. The molecule has 6 heteroatoms. The average molecular weight is 340 g/mol. The van der Waals surface area contributed by atoms with Gasteiger partial charge in [0.2, 0.25) is 5.91 Å². The molecular formula is C19H20N2O4. The highest BCUT2D eigenvalue weighted by Crippen LogP contribution is 2.14. The summed E-state index contributed by atoms with van der Waals surface area (Å²) in [5.41, 5.74) is 1.65. The lowest BCUT2D eigenvalue weighted by Gasteiger charge is -2.20. The summed E-state index contributed by atoms with van der Waals surface area (Å²) >= 11 is 0. The number of esters is 1. The van der Waals surface area contributed by atoms with Crippen LogP contribution in [0.5, 0.6) is 0 Å². The Hall–Kier alpha value is -3.15. The number of ether oxygens (including phenoxy) is 1. The van der Waals surface area contributed by atoms with Crippen LogP contribution in [0.25, 0.3) is 0 Å². The molecule has 25 heavy (non-hydrogen) atoms. The predicted octanol–water partition coefficient (Wildman–Crippen LogP) is 2.85. The fourth-order valence-corrected chi connectivity index (χ4v) is 2.29. The maximum Gasteiger partial charge on any atom is 0.338 e. The van der Waals surface area contributed by atoms with Gasteiger partial charge in [-0.3, -0.25) is 9.59 Å². The number of nitrogens with one attached hydrogen (secondary N) is 1. The number of hydrogen-bond acceptors (Lipinski definition) is 4. The Bertz CT molecular complexity index is 742. The summed E-state index contributed by atoms with van der Waals surface area (Å²) in [5, 5.41) is 2.61. The van der Waals surface area contributed by atoms with E-state index in [0.717, 1.165) is 5.69 Å². The molecule has 0 aliphatic carbocycles. The van der Waals surface area contributed by atoms with Crippen molar-refractivity contribution in [1.82, 2.24) is 0 Å². The van der Waals surface area contributed by atoms with Crippen molar-refractivity contribution in [2.75, 3.05) is 23.4 Å². The van der Waals surface area contributed by atoms with Gasteiger partial charge in [0.25, 0.3) is 5.91 Å². The van der Waals surface area contributed by atoms with Gasteiger partial charge in [-0.2, -0.15) is 0 Å². The molecule has 0 saturated carbocycles. The van der Waals surface area contributed by atoms with E-state index in [1.807, 2.05) is 37.3 Å². The second kappa shape index (κ2) is 8.63. The minimum absolute atomic E-state index is 0.193.